The number of ether oxygens (including phenoxy) is 1. The number of rotatable bonds is 7. The molecule has 0 saturated carbocycles. The molecule has 1 aliphatic heterocycles. The van der Waals surface area contributed by atoms with E-state index in [9.17, 15) is 5.11 Å². The number of β-amino-alcohol motifs (C(OH)–C–C–N with tert-alkyl or cyclic N) is 1. The van der Waals surface area contributed by atoms with Gasteiger partial charge in [0.05, 0.1) is 17.7 Å². The maximum absolute atomic E-state index is 9.59. The van der Waals surface area contributed by atoms with Gasteiger partial charge in [-0.15, -0.1) is 0 Å². The molecule has 1 saturated heterocycles. The molecule has 0 unspecified atom stereocenters. The van der Waals surface area contributed by atoms with Crippen molar-refractivity contribution in [2.45, 2.75) is 32.4 Å². The Balaban J connectivity index is 1.75. The molecular weight excluding hydrogens is 290 g/mol. The molecule has 0 amide bonds. The summed E-state index contributed by atoms with van der Waals surface area (Å²) in [6.45, 7) is 9.41. The Morgan fingerprint density at radius 2 is 2.09 bits per heavy atom. The predicted octanol–water partition coefficient (Wildman–Crippen LogP) is 1.71. The van der Waals surface area contributed by atoms with E-state index in [-0.39, 0.29) is 6.10 Å². The molecule has 126 valence electrons. The van der Waals surface area contributed by atoms with E-state index < -0.39 is 0 Å². The van der Waals surface area contributed by atoms with E-state index in [1.807, 2.05) is 19.1 Å². The second kappa shape index (κ2) is 8.88. The lowest BCUT2D eigenvalue weighted by molar-refractivity contribution is 0.0322. The number of piperazine rings is 1. The van der Waals surface area contributed by atoms with E-state index >= 15 is 0 Å². The predicted molar refractivity (Wildman–Crippen MR) is 90.4 cm³/mol. The molecule has 5 heteroatoms. The Bertz CT molecular complexity index is 510. The van der Waals surface area contributed by atoms with Gasteiger partial charge in [0.2, 0.25) is 0 Å². The molecule has 0 radical (unpaired) electrons. The minimum Gasteiger partial charge on any atom is -0.492 e. The zero-order chi connectivity index (χ0) is 16.7. The third kappa shape index (κ3) is 5.51. The first-order valence-corrected chi connectivity index (χ1v) is 8.39. The summed E-state index contributed by atoms with van der Waals surface area (Å²) in [6.07, 6.45) is 0.829. The van der Waals surface area contributed by atoms with Crippen molar-refractivity contribution in [3.05, 3.63) is 29.8 Å². The highest BCUT2D eigenvalue weighted by Gasteiger charge is 2.26. The number of nitriles is 1. The summed E-state index contributed by atoms with van der Waals surface area (Å²) >= 11 is 0. The van der Waals surface area contributed by atoms with Crippen LogP contribution < -0.4 is 4.74 Å². The summed E-state index contributed by atoms with van der Waals surface area (Å²) in [5.74, 6) is 0.809. The Morgan fingerprint density at radius 1 is 1.35 bits per heavy atom. The largest absolute Gasteiger partial charge is 0.492 e. The average molecular weight is 317 g/mol. The van der Waals surface area contributed by atoms with Crippen LogP contribution in [-0.2, 0) is 0 Å². The second-order valence-electron chi connectivity index (χ2n) is 6.19. The van der Waals surface area contributed by atoms with E-state index in [1.165, 1.54) is 0 Å². The second-order valence-corrected chi connectivity index (χ2v) is 6.19. The van der Waals surface area contributed by atoms with Crippen molar-refractivity contribution in [2.75, 3.05) is 39.3 Å². The summed E-state index contributed by atoms with van der Waals surface area (Å²) in [7, 11) is 0. The van der Waals surface area contributed by atoms with Crippen LogP contribution in [0.1, 0.15) is 25.8 Å². The molecule has 1 aliphatic rings. The van der Waals surface area contributed by atoms with Crippen molar-refractivity contribution >= 4 is 0 Å². The zero-order valence-corrected chi connectivity index (χ0v) is 14.1. The van der Waals surface area contributed by atoms with E-state index in [4.69, 9.17) is 10.00 Å². The van der Waals surface area contributed by atoms with Gasteiger partial charge in [0.25, 0.3) is 0 Å². The molecule has 0 aliphatic carbocycles. The molecular formula is C18H27N3O2. The lowest BCUT2D eigenvalue weighted by Gasteiger charge is -2.41. The molecule has 1 N–H and O–H groups in total. The molecule has 1 heterocycles. The van der Waals surface area contributed by atoms with Gasteiger partial charge in [-0.05, 0) is 37.6 Å². The smallest absolute Gasteiger partial charge is 0.119 e. The average Bonchev–Trinajstić information content (AvgIpc) is 2.56. The van der Waals surface area contributed by atoms with Crippen LogP contribution in [0.15, 0.2) is 24.3 Å². The van der Waals surface area contributed by atoms with Crippen molar-refractivity contribution in [1.29, 1.82) is 5.26 Å². The van der Waals surface area contributed by atoms with E-state index in [0.29, 0.717) is 18.2 Å². The van der Waals surface area contributed by atoms with Crippen molar-refractivity contribution in [2.24, 2.45) is 0 Å². The molecule has 0 aromatic heterocycles. The van der Waals surface area contributed by atoms with Crippen molar-refractivity contribution in [1.82, 2.24) is 9.80 Å². The molecule has 23 heavy (non-hydrogen) atoms. The maximum Gasteiger partial charge on any atom is 0.119 e. The first kappa shape index (κ1) is 17.7. The van der Waals surface area contributed by atoms with Crippen LogP contribution in [0.3, 0.4) is 0 Å². The van der Waals surface area contributed by atoms with Crippen molar-refractivity contribution in [3.63, 3.8) is 0 Å². The minimum absolute atomic E-state index is 0.268. The van der Waals surface area contributed by atoms with Gasteiger partial charge in [-0.2, -0.15) is 5.26 Å². The molecule has 0 bridgehead atoms. The fourth-order valence-electron chi connectivity index (χ4n) is 3.05. The minimum atomic E-state index is -0.268. The Labute approximate surface area is 139 Å². The molecule has 5 nitrogen and oxygen atoms in total. The lowest BCUT2D eigenvalue weighted by Crippen LogP contribution is -2.55. The number of nitrogens with zero attached hydrogens (tertiary/aromatic N) is 3. The summed E-state index contributed by atoms with van der Waals surface area (Å²) < 4.78 is 5.76. The first-order valence-electron chi connectivity index (χ1n) is 8.39. The first-order chi connectivity index (χ1) is 11.1. The number of hydrogen-bond acceptors (Lipinski definition) is 5. The molecule has 1 aromatic rings. The van der Waals surface area contributed by atoms with Crippen LogP contribution in [0, 0.1) is 11.3 Å². The monoisotopic (exact) mass is 317 g/mol. The van der Waals surface area contributed by atoms with Crippen LogP contribution in [0.25, 0.3) is 0 Å². The summed E-state index contributed by atoms with van der Waals surface area (Å²) in [4.78, 5) is 4.82. The van der Waals surface area contributed by atoms with Gasteiger partial charge in [-0.1, -0.05) is 6.92 Å². The maximum atomic E-state index is 9.59. The fraction of sp³-hybridized carbons (Fsp3) is 0.611. The van der Waals surface area contributed by atoms with E-state index in [1.54, 1.807) is 12.1 Å². The highest BCUT2D eigenvalue weighted by atomic mass is 16.5. The normalized spacial score (nSPS) is 20.9. The van der Waals surface area contributed by atoms with Gasteiger partial charge in [0, 0.05) is 38.8 Å². The van der Waals surface area contributed by atoms with E-state index in [0.717, 1.165) is 44.9 Å². The Morgan fingerprint density at radius 3 is 2.70 bits per heavy atom. The highest BCUT2D eigenvalue weighted by molar-refractivity contribution is 5.34. The van der Waals surface area contributed by atoms with Crippen LogP contribution >= 0.6 is 0 Å². The van der Waals surface area contributed by atoms with Crippen LogP contribution in [-0.4, -0.2) is 66.4 Å². The van der Waals surface area contributed by atoms with Crippen LogP contribution in [0.5, 0.6) is 5.75 Å². The Kier molecular flexibility index (Phi) is 6.85. The van der Waals surface area contributed by atoms with Gasteiger partial charge in [-0.25, -0.2) is 0 Å². The summed E-state index contributed by atoms with van der Waals surface area (Å²) in [5.41, 5.74) is 0.650. The molecule has 1 fully saturated rings. The topological polar surface area (TPSA) is 59.7 Å². The molecule has 2 atom stereocenters. The zero-order valence-electron chi connectivity index (χ0n) is 14.1. The number of aliphatic hydroxyl groups excluding tert-OH is 1. The van der Waals surface area contributed by atoms with Gasteiger partial charge < -0.3 is 9.84 Å². The van der Waals surface area contributed by atoms with Crippen molar-refractivity contribution in [3.8, 4) is 11.8 Å². The lowest BCUT2D eigenvalue weighted by atomic mass is 10.1. The third-order valence-electron chi connectivity index (χ3n) is 4.32. The van der Waals surface area contributed by atoms with Gasteiger partial charge in [0.15, 0.2) is 0 Å². The summed E-state index contributed by atoms with van der Waals surface area (Å²) in [5, 5.41) is 18.4. The van der Waals surface area contributed by atoms with Crippen LogP contribution in [0.2, 0.25) is 0 Å². The molecule has 0 spiro atoms. The fourth-order valence-corrected chi connectivity index (χ4v) is 3.05. The Hall–Kier alpha value is -1.61. The quantitative estimate of drug-likeness (QED) is 0.830. The molecule has 1 aromatic carbocycles. The van der Waals surface area contributed by atoms with Gasteiger partial charge in [0.1, 0.15) is 12.4 Å². The third-order valence-corrected chi connectivity index (χ3v) is 4.32. The SMILES string of the molecule is CC[C@@H]1CN(CCOc2ccc(C#N)cc2)CCN1C[C@H](C)O. The number of hydrogen-bond donors (Lipinski definition) is 1. The highest BCUT2D eigenvalue weighted by Crippen LogP contribution is 2.14. The van der Waals surface area contributed by atoms with E-state index in [2.05, 4.69) is 22.8 Å². The summed E-state index contributed by atoms with van der Waals surface area (Å²) in [6, 6.07) is 9.84. The van der Waals surface area contributed by atoms with Crippen LogP contribution in [0.4, 0.5) is 0 Å². The number of benzene rings is 1. The van der Waals surface area contributed by atoms with Gasteiger partial charge in [-0.3, -0.25) is 9.80 Å². The standard InChI is InChI=1S/C18H27N3O2/c1-3-17-14-20(8-9-21(17)13-15(2)22)10-11-23-18-6-4-16(12-19)5-7-18/h4-7,15,17,22H,3,8-11,13-14H2,1-2H3/t15-,17+/m0/s1. The van der Waals surface area contributed by atoms with Gasteiger partial charge >= 0.3 is 0 Å². The van der Waals surface area contributed by atoms with Crippen molar-refractivity contribution < 1.29 is 9.84 Å². The molecule has 2 rings (SSSR count). The number of aliphatic hydroxyl groups is 1.